The summed E-state index contributed by atoms with van der Waals surface area (Å²) in [6, 6.07) is 0. The van der Waals surface area contributed by atoms with Gasteiger partial charge in [0.05, 0.1) is 19.8 Å². The highest BCUT2D eigenvalue weighted by molar-refractivity contribution is 7.48. The van der Waals surface area contributed by atoms with E-state index in [1.54, 1.807) is 0 Å². The molecule has 0 aliphatic heterocycles. The molecule has 500 valence electrons. The van der Waals surface area contributed by atoms with Gasteiger partial charge in [0.1, 0.15) is 18.3 Å². The van der Waals surface area contributed by atoms with E-state index >= 15 is 0 Å². The molecule has 0 spiro atoms. The summed E-state index contributed by atoms with van der Waals surface area (Å²) in [7, 11) is -4.61. The van der Waals surface area contributed by atoms with Crippen molar-refractivity contribution in [2.24, 2.45) is 0 Å². The van der Waals surface area contributed by atoms with Gasteiger partial charge in [-0.1, -0.05) is 369 Å². The lowest BCUT2D eigenvalue weighted by molar-refractivity contribution is -0.359. The van der Waals surface area contributed by atoms with Crippen molar-refractivity contribution in [1.29, 1.82) is 0 Å². The average molecular weight is 1200 g/mol. The maximum atomic E-state index is 15.0. The first-order valence-electron chi connectivity index (χ1n) is 37.4. The van der Waals surface area contributed by atoms with Crippen LogP contribution in [0.25, 0.3) is 0 Å². The molecule has 0 saturated heterocycles. The van der Waals surface area contributed by atoms with E-state index in [-0.39, 0.29) is 0 Å². The van der Waals surface area contributed by atoms with Gasteiger partial charge in [-0.15, -0.1) is 14.0 Å². The van der Waals surface area contributed by atoms with Crippen molar-refractivity contribution in [3.63, 3.8) is 0 Å². The van der Waals surface area contributed by atoms with E-state index in [1.807, 2.05) is 0 Å². The second-order valence-corrected chi connectivity index (χ2v) is 26.7. The van der Waals surface area contributed by atoms with Crippen LogP contribution >= 0.6 is 7.82 Å². The summed E-state index contributed by atoms with van der Waals surface area (Å²) in [5.41, 5.74) is 0. The molecule has 0 rings (SSSR count). The summed E-state index contributed by atoms with van der Waals surface area (Å²) >= 11 is 0. The zero-order valence-corrected chi connectivity index (χ0v) is 57.7. The quantitative estimate of drug-likeness (QED) is 0.0253. The van der Waals surface area contributed by atoms with Crippen molar-refractivity contribution in [2.75, 3.05) is 39.6 Å². The Morgan fingerprint density at radius 1 is 0.217 bits per heavy atom. The summed E-state index contributed by atoms with van der Waals surface area (Å²) < 4.78 is 51.5. The van der Waals surface area contributed by atoms with Gasteiger partial charge in [-0.3, -0.25) is 0 Å². The van der Waals surface area contributed by atoms with Gasteiger partial charge in [0.2, 0.25) is 0 Å². The van der Waals surface area contributed by atoms with E-state index < -0.39 is 26.1 Å². The Hall–Kier alpha value is -0.130. The Morgan fingerprint density at radius 3 is 0.554 bits per heavy atom. The molecule has 10 nitrogen and oxygen atoms in total. The molecule has 0 aromatic heterocycles. The van der Waals surface area contributed by atoms with Crippen molar-refractivity contribution in [1.82, 2.24) is 0 Å². The minimum atomic E-state index is -4.61. The molecule has 11 heteroatoms. The molecule has 0 bridgehead atoms. The van der Waals surface area contributed by atoms with Crippen molar-refractivity contribution in [2.45, 2.75) is 426 Å². The maximum Gasteiger partial charge on any atom is 0.556 e. The Labute approximate surface area is 518 Å². The fourth-order valence-electron chi connectivity index (χ4n) is 11.1. The number of ether oxygens (including phenoxy) is 3. The van der Waals surface area contributed by atoms with Crippen LogP contribution in [-0.2, 0) is 47.5 Å². The molecule has 0 aliphatic rings. The predicted octanol–water partition coefficient (Wildman–Crippen LogP) is 25.4. The number of phosphoric acid groups is 1. The summed E-state index contributed by atoms with van der Waals surface area (Å²) in [6.45, 7) is 16.6. The number of hydrogen-bond acceptors (Lipinski definition) is 10. The van der Waals surface area contributed by atoms with E-state index in [0.29, 0.717) is 58.9 Å². The van der Waals surface area contributed by atoms with Gasteiger partial charge >= 0.3 is 7.82 Å². The van der Waals surface area contributed by atoms with Crippen molar-refractivity contribution < 1.29 is 47.5 Å². The van der Waals surface area contributed by atoms with Gasteiger partial charge in [-0.25, -0.2) is 19.2 Å². The van der Waals surface area contributed by atoms with Crippen LogP contribution in [0, 0.1) is 0 Å². The van der Waals surface area contributed by atoms with Crippen LogP contribution in [-0.4, -0.2) is 58.0 Å². The largest absolute Gasteiger partial charge is 0.556 e. The van der Waals surface area contributed by atoms with Gasteiger partial charge in [0.25, 0.3) is 0 Å². The highest BCUT2D eigenvalue weighted by atomic mass is 31.2. The Balaban J connectivity index is 6.19. The SMILES string of the molecule is CCCCCCCCCCCCOCC(CCCCCCCCCC)OOP(=O)(OOC(CCCCCCCCCC)COCCCCCCCCCCCC)OOC(CCCCCCCCCC)COCCCCCCCCCCCC. The van der Waals surface area contributed by atoms with Crippen LogP contribution in [0.1, 0.15) is 408 Å². The minimum absolute atomic E-state index is 0.331. The molecule has 0 amide bonds. The third-order valence-corrected chi connectivity index (χ3v) is 17.6. The molecule has 0 N–H and O–H groups in total. The molecular formula is C72H147O10P. The number of hydrogen-bond donors (Lipinski definition) is 0. The molecule has 0 heterocycles. The molecule has 0 aromatic rings. The van der Waals surface area contributed by atoms with E-state index in [2.05, 4.69) is 41.5 Å². The molecule has 0 saturated carbocycles. The van der Waals surface area contributed by atoms with E-state index in [0.717, 1.165) is 77.0 Å². The fraction of sp³-hybridized carbons (Fsp3) is 1.00. The highest BCUT2D eigenvalue weighted by Crippen LogP contribution is 2.51. The molecule has 0 radical (unpaired) electrons. The van der Waals surface area contributed by atoms with E-state index in [9.17, 15) is 4.57 Å². The van der Waals surface area contributed by atoms with Gasteiger partial charge in [-0.05, 0) is 38.5 Å². The summed E-state index contributed by atoms with van der Waals surface area (Å²) in [4.78, 5) is 18.4. The topological polar surface area (TPSA) is 100 Å². The standard InChI is InChI=1S/C72H147O10P/c1-7-13-19-25-31-37-40-46-52-58-64-74-67-70(61-55-49-43-34-28-22-16-10-4)77-80-83(73,81-78-71(62-56-50-44-35-29-23-17-11-5)68-75-65-59-53-47-41-38-32-26-20-14-8-2)82-79-72(63-57-51-45-36-30-24-18-12-6)69-76-66-60-54-48-42-39-33-27-21-15-9-3/h70-72H,7-69H2,1-6H3. The lowest BCUT2D eigenvalue weighted by Gasteiger charge is -2.24. The Morgan fingerprint density at radius 2 is 0.373 bits per heavy atom. The van der Waals surface area contributed by atoms with Crippen LogP contribution in [0.2, 0.25) is 0 Å². The fourth-order valence-corrected chi connectivity index (χ4v) is 11.8. The first-order chi connectivity index (χ1) is 41.0. The monoisotopic (exact) mass is 1200 g/mol. The highest BCUT2D eigenvalue weighted by Gasteiger charge is 2.36. The summed E-state index contributed by atoms with van der Waals surface area (Å²) in [5.74, 6) is 0. The van der Waals surface area contributed by atoms with Gasteiger partial charge in [-0.2, -0.15) is 0 Å². The summed E-state index contributed by atoms with van der Waals surface area (Å²) in [6.07, 6.45) is 67.9. The number of unbranched alkanes of at least 4 members (excludes halogenated alkanes) is 48. The third-order valence-electron chi connectivity index (χ3n) is 16.8. The van der Waals surface area contributed by atoms with Gasteiger partial charge in [0.15, 0.2) is 0 Å². The van der Waals surface area contributed by atoms with Gasteiger partial charge < -0.3 is 14.2 Å². The first kappa shape index (κ1) is 82.9. The van der Waals surface area contributed by atoms with Crippen LogP contribution in [0.4, 0.5) is 0 Å². The van der Waals surface area contributed by atoms with Crippen LogP contribution in [0.15, 0.2) is 0 Å². The normalized spacial score (nSPS) is 13.8. The molecule has 3 atom stereocenters. The van der Waals surface area contributed by atoms with Crippen LogP contribution in [0.5, 0.6) is 0 Å². The van der Waals surface area contributed by atoms with Crippen LogP contribution < -0.4 is 0 Å². The van der Waals surface area contributed by atoms with Crippen LogP contribution in [0.3, 0.4) is 0 Å². The molecule has 3 unspecified atom stereocenters. The number of rotatable bonds is 75. The minimum Gasteiger partial charge on any atom is -0.379 e. The molecule has 83 heavy (non-hydrogen) atoms. The Kier molecular flexibility index (Phi) is 70.8. The average Bonchev–Trinajstić information content (AvgIpc) is 3.49. The van der Waals surface area contributed by atoms with Crippen molar-refractivity contribution >= 4 is 7.82 Å². The van der Waals surface area contributed by atoms with E-state index in [1.165, 1.54) is 270 Å². The first-order valence-corrected chi connectivity index (χ1v) is 38.8. The molecular weight excluding hydrogens is 1060 g/mol. The zero-order valence-electron chi connectivity index (χ0n) is 56.8. The van der Waals surface area contributed by atoms with Gasteiger partial charge in [0, 0.05) is 19.8 Å². The Bertz CT molecular complexity index is 1090. The summed E-state index contributed by atoms with van der Waals surface area (Å²) in [5, 5.41) is 0. The second kappa shape index (κ2) is 71.0. The molecule has 0 fully saturated rings. The molecule has 0 aromatic carbocycles. The second-order valence-electron chi connectivity index (χ2n) is 25.4. The van der Waals surface area contributed by atoms with Crippen molar-refractivity contribution in [3.8, 4) is 0 Å². The molecule has 0 aliphatic carbocycles. The zero-order chi connectivity index (χ0) is 60.1. The maximum absolute atomic E-state index is 15.0. The lowest BCUT2D eigenvalue weighted by atomic mass is 10.1. The van der Waals surface area contributed by atoms with Crippen molar-refractivity contribution in [3.05, 3.63) is 0 Å². The lowest BCUT2D eigenvalue weighted by Crippen LogP contribution is -2.24. The predicted molar refractivity (Wildman–Crippen MR) is 355 cm³/mol. The smallest absolute Gasteiger partial charge is 0.379 e. The van der Waals surface area contributed by atoms with E-state index in [4.69, 9.17) is 42.9 Å². The third kappa shape index (κ3) is 64.7.